The van der Waals surface area contributed by atoms with Crippen molar-refractivity contribution in [3.8, 4) is 5.75 Å². The zero-order valence-electron chi connectivity index (χ0n) is 18.7. The van der Waals surface area contributed by atoms with Crippen LogP contribution in [0.15, 0.2) is 87.5 Å². The largest absolute Gasteiger partial charge is 0.494 e. The second kappa shape index (κ2) is 9.48. The first-order valence-corrected chi connectivity index (χ1v) is 12.1. The second-order valence-electron chi connectivity index (χ2n) is 7.60. The molecular weight excluding hydrogens is 454 g/mol. The minimum atomic E-state index is -4.11. The van der Waals surface area contributed by atoms with Crippen molar-refractivity contribution in [2.75, 3.05) is 11.9 Å². The summed E-state index contributed by atoms with van der Waals surface area (Å²) >= 11 is 0. The predicted molar refractivity (Wildman–Crippen MR) is 129 cm³/mol. The maximum Gasteiger partial charge on any atom is 0.244 e. The first-order chi connectivity index (χ1) is 16.3. The summed E-state index contributed by atoms with van der Waals surface area (Å²) in [7, 11) is -4.11. The number of sulfone groups is 1. The van der Waals surface area contributed by atoms with Gasteiger partial charge in [0.2, 0.25) is 21.2 Å². The maximum atomic E-state index is 13.2. The summed E-state index contributed by atoms with van der Waals surface area (Å²) < 4.78 is 33.3. The lowest BCUT2D eigenvalue weighted by Crippen LogP contribution is -2.24. The van der Waals surface area contributed by atoms with E-state index in [-0.39, 0.29) is 22.5 Å². The number of hydrogen-bond acceptors (Lipinski definition) is 6. The van der Waals surface area contributed by atoms with Crippen molar-refractivity contribution in [1.29, 1.82) is 0 Å². The molecule has 0 unspecified atom stereocenters. The molecule has 4 rings (SSSR count). The van der Waals surface area contributed by atoms with Crippen LogP contribution < -0.4 is 15.5 Å². The number of ether oxygens (including phenoxy) is 1. The molecule has 0 atom stereocenters. The SMILES string of the molecule is CCOc1ccc(NC(=O)Cn2cc(S(=O)(=O)c3ccccc3)c(=O)c3ccc(C)nc32)cc1. The third-order valence-corrected chi connectivity index (χ3v) is 6.90. The van der Waals surface area contributed by atoms with E-state index >= 15 is 0 Å². The Bertz CT molecular complexity index is 1510. The van der Waals surface area contributed by atoms with Crippen molar-refractivity contribution >= 4 is 32.5 Å². The van der Waals surface area contributed by atoms with Gasteiger partial charge in [0.15, 0.2) is 0 Å². The third kappa shape index (κ3) is 4.69. The van der Waals surface area contributed by atoms with Gasteiger partial charge in [-0.2, -0.15) is 0 Å². The van der Waals surface area contributed by atoms with Crippen LogP contribution in [0.25, 0.3) is 11.0 Å². The van der Waals surface area contributed by atoms with E-state index in [1.54, 1.807) is 55.5 Å². The first-order valence-electron chi connectivity index (χ1n) is 10.6. The van der Waals surface area contributed by atoms with Crippen molar-refractivity contribution in [2.24, 2.45) is 0 Å². The average Bonchev–Trinajstić information content (AvgIpc) is 2.82. The number of carbonyl (C=O) groups is 1. The van der Waals surface area contributed by atoms with Gasteiger partial charge < -0.3 is 14.6 Å². The Morgan fingerprint density at radius 2 is 1.74 bits per heavy atom. The summed E-state index contributed by atoms with van der Waals surface area (Å²) in [5.74, 6) is 0.280. The number of aryl methyl sites for hydroxylation is 1. The fourth-order valence-electron chi connectivity index (χ4n) is 3.53. The Morgan fingerprint density at radius 1 is 1.03 bits per heavy atom. The van der Waals surface area contributed by atoms with E-state index < -0.39 is 26.1 Å². The van der Waals surface area contributed by atoms with Gasteiger partial charge in [-0.15, -0.1) is 0 Å². The standard InChI is InChI=1S/C25H23N3O5S/c1-3-33-19-12-10-18(11-13-19)27-23(29)16-28-15-22(34(31,32)20-7-5-4-6-8-20)24(30)21-14-9-17(2)26-25(21)28/h4-15H,3,16H2,1-2H3,(H,27,29). The van der Waals surface area contributed by atoms with Gasteiger partial charge in [-0.25, -0.2) is 13.4 Å². The van der Waals surface area contributed by atoms with Crippen LogP contribution in [0.3, 0.4) is 0 Å². The molecule has 4 aromatic rings. The van der Waals surface area contributed by atoms with Crippen LogP contribution in [-0.2, 0) is 21.2 Å². The molecule has 0 radical (unpaired) electrons. The Hall–Kier alpha value is -3.98. The predicted octanol–water partition coefficient (Wildman–Crippen LogP) is 3.58. The van der Waals surface area contributed by atoms with Crippen LogP contribution in [0.1, 0.15) is 12.6 Å². The molecule has 8 nitrogen and oxygen atoms in total. The number of nitrogens with one attached hydrogen (secondary N) is 1. The second-order valence-corrected chi connectivity index (χ2v) is 9.51. The van der Waals surface area contributed by atoms with E-state index in [2.05, 4.69) is 10.3 Å². The minimum Gasteiger partial charge on any atom is -0.494 e. The lowest BCUT2D eigenvalue weighted by molar-refractivity contribution is -0.116. The number of pyridine rings is 2. The molecule has 0 aliphatic rings. The van der Waals surface area contributed by atoms with Gasteiger partial charge in [-0.1, -0.05) is 18.2 Å². The van der Waals surface area contributed by atoms with Crippen molar-refractivity contribution in [2.45, 2.75) is 30.2 Å². The molecule has 1 amide bonds. The number of carbonyl (C=O) groups excluding carboxylic acids is 1. The summed E-state index contributed by atoms with van der Waals surface area (Å²) in [5.41, 5.74) is 0.764. The number of fused-ring (bicyclic) bond motifs is 1. The molecule has 34 heavy (non-hydrogen) atoms. The fraction of sp³-hybridized carbons (Fsp3) is 0.160. The number of rotatable bonds is 7. The highest BCUT2D eigenvalue weighted by Crippen LogP contribution is 2.21. The van der Waals surface area contributed by atoms with Crippen molar-refractivity contribution in [3.05, 3.63) is 88.8 Å². The Morgan fingerprint density at radius 3 is 2.41 bits per heavy atom. The van der Waals surface area contributed by atoms with Gasteiger partial charge >= 0.3 is 0 Å². The van der Waals surface area contributed by atoms with Gasteiger partial charge in [0.05, 0.1) is 16.9 Å². The molecular formula is C25H23N3O5S. The van der Waals surface area contributed by atoms with Crippen LogP contribution in [0.5, 0.6) is 5.75 Å². The number of aromatic nitrogens is 2. The highest BCUT2D eigenvalue weighted by Gasteiger charge is 2.24. The van der Waals surface area contributed by atoms with Gasteiger partial charge in [0.25, 0.3) is 0 Å². The van der Waals surface area contributed by atoms with E-state index in [1.165, 1.54) is 29.0 Å². The van der Waals surface area contributed by atoms with E-state index in [1.807, 2.05) is 6.92 Å². The molecule has 174 valence electrons. The van der Waals surface area contributed by atoms with Crippen molar-refractivity contribution < 1.29 is 17.9 Å². The number of benzene rings is 2. The molecule has 0 saturated carbocycles. The zero-order chi connectivity index (χ0) is 24.3. The van der Waals surface area contributed by atoms with E-state index in [0.717, 1.165) is 0 Å². The molecule has 2 heterocycles. The molecule has 9 heteroatoms. The van der Waals surface area contributed by atoms with E-state index in [0.29, 0.717) is 23.7 Å². The monoisotopic (exact) mass is 477 g/mol. The molecule has 2 aromatic heterocycles. The van der Waals surface area contributed by atoms with Crippen molar-refractivity contribution in [3.63, 3.8) is 0 Å². The molecule has 0 saturated heterocycles. The topological polar surface area (TPSA) is 107 Å². The van der Waals surface area contributed by atoms with Crippen LogP contribution in [0.4, 0.5) is 5.69 Å². The number of nitrogens with zero attached hydrogens (tertiary/aromatic N) is 2. The van der Waals surface area contributed by atoms with E-state index in [9.17, 15) is 18.0 Å². The van der Waals surface area contributed by atoms with Crippen molar-refractivity contribution in [1.82, 2.24) is 9.55 Å². The molecule has 0 aliphatic carbocycles. The normalized spacial score (nSPS) is 11.4. The fourth-order valence-corrected chi connectivity index (χ4v) is 4.92. The summed E-state index contributed by atoms with van der Waals surface area (Å²) in [5, 5.41) is 2.89. The molecule has 0 aliphatic heterocycles. The number of anilines is 1. The molecule has 0 bridgehead atoms. The summed E-state index contributed by atoms with van der Waals surface area (Å²) in [6.07, 6.45) is 1.19. The Balaban J connectivity index is 1.74. The molecule has 2 aromatic carbocycles. The summed E-state index contributed by atoms with van der Waals surface area (Å²) in [6, 6.07) is 17.8. The smallest absolute Gasteiger partial charge is 0.244 e. The zero-order valence-corrected chi connectivity index (χ0v) is 19.5. The highest BCUT2D eigenvalue weighted by molar-refractivity contribution is 7.91. The maximum absolute atomic E-state index is 13.2. The Kier molecular flexibility index (Phi) is 6.47. The van der Waals surface area contributed by atoms with Crippen LogP contribution in [0.2, 0.25) is 0 Å². The van der Waals surface area contributed by atoms with Crippen LogP contribution in [-0.4, -0.2) is 30.5 Å². The molecule has 1 N–H and O–H groups in total. The van der Waals surface area contributed by atoms with Crippen LogP contribution >= 0.6 is 0 Å². The average molecular weight is 478 g/mol. The quantitative estimate of drug-likeness (QED) is 0.436. The Labute approximate surface area is 196 Å². The third-order valence-electron chi connectivity index (χ3n) is 5.13. The number of amides is 1. The summed E-state index contributed by atoms with van der Waals surface area (Å²) in [6.45, 7) is 3.93. The highest BCUT2D eigenvalue weighted by atomic mass is 32.2. The summed E-state index contributed by atoms with van der Waals surface area (Å²) in [4.78, 5) is 29.9. The van der Waals surface area contributed by atoms with Gasteiger partial charge in [-0.05, 0) is 62.4 Å². The van der Waals surface area contributed by atoms with E-state index in [4.69, 9.17) is 4.74 Å². The lowest BCUT2D eigenvalue weighted by Gasteiger charge is -2.14. The van der Waals surface area contributed by atoms with Gasteiger partial charge in [0, 0.05) is 17.6 Å². The molecule has 0 spiro atoms. The number of hydrogen-bond donors (Lipinski definition) is 1. The molecule has 0 fully saturated rings. The lowest BCUT2D eigenvalue weighted by atomic mass is 10.2. The minimum absolute atomic E-state index is 0.00286. The van der Waals surface area contributed by atoms with Gasteiger partial charge in [0.1, 0.15) is 22.8 Å². The van der Waals surface area contributed by atoms with Gasteiger partial charge in [-0.3, -0.25) is 9.59 Å². The first kappa shape index (κ1) is 23.2. The van der Waals surface area contributed by atoms with Crippen LogP contribution in [0, 0.1) is 6.92 Å².